The van der Waals surface area contributed by atoms with Crippen molar-refractivity contribution in [2.24, 2.45) is 11.7 Å². The number of methoxy groups -OCH3 is 1. The molecule has 3 nitrogen and oxygen atoms in total. The third kappa shape index (κ3) is 2.68. The highest BCUT2D eigenvalue weighted by Crippen LogP contribution is 2.37. The van der Waals surface area contributed by atoms with E-state index in [2.05, 4.69) is 29.8 Å². The number of phenolic OH excluding ortho intramolecular Hbond substituents is 1. The third-order valence-corrected chi connectivity index (χ3v) is 3.52. The third-order valence-electron chi connectivity index (χ3n) is 2.91. The quantitative estimate of drug-likeness (QED) is 0.894. The minimum Gasteiger partial charge on any atom is -0.503 e. The van der Waals surface area contributed by atoms with E-state index in [1.807, 2.05) is 6.07 Å². The van der Waals surface area contributed by atoms with Crippen LogP contribution in [0.25, 0.3) is 0 Å². The first kappa shape index (κ1) is 13.3. The molecule has 1 aromatic carbocycles. The number of phenols is 1. The maximum Gasteiger partial charge on any atom is 0.172 e. The van der Waals surface area contributed by atoms with Crippen LogP contribution in [-0.4, -0.2) is 12.2 Å². The fraction of sp³-hybridized carbons (Fsp3) is 0.500. The molecule has 3 N–H and O–H groups in total. The monoisotopic (exact) mass is 287 g/mol. The first-order chi connectivity index (χ1) is 7.51. The Morgan fingerprint density at radius 3 is 2.62 bits per heavy atom. The Balaban J connectivity index is 3.10. The van der Waals surface area contributed by atoms with Gasteiger partial charge in [0.1, 0.15) is 0 Å². The summed E-state index contributed by atoms with van der Waals surface area (Å²) in [6, 6.07) is 3.58. The second kappa shape index (κ2) is 5.55. The summed E-state index contributed by atoms with van der Waals surface area (Å²) < 4.78 is 5.71. The summed E-state index contributed by atoms with van der Waals surface area (Å²) in [7, 11) is 1.53. The Morgan fingerprint density at radius 1 is 1.50 bits per heavy atom. The average Bonchev–Trinajstić information content (AvgIpc) is 2.30. The van der Waals surface area contributed by atoms with Crippen LogP contribution >= 0.6 is 15.9 Å². The first-order valence-electron chi connectivity index (χ1n) is 5.33. The minimum atomic E-state index is -0.0456. The van der Waals surface area contributed by atoms with Gasteiger partial charge in [-0.2, -0.15) is 0 Å². The molecular formula is C12H18BrNO2. The molecule has 0 bridgehead atoms. The maximum absolute atomic E-state index is 9.69. The lowest BCUT2D eigenvalue weighted by Crippen LogP contribution is -2.18. The van der Waals surface area contributed by atoms with Gasteiger partial charge in [-0.25, -0.2) is 0 Å². The summed E-state index contributed by atoms with van der Waals surface area (Å²) in [6.45, 7) is 4.22. The van der Waals surface area contributed by atoms with E-state index in [1.165, 1.54) is 7.11 Å². The lowest BCUT2D eigenvalue weighted by Gasteiger charge is -2.20. The zero-order valence-corrected chi connectivity index (χ0v) is 11.4. The van der Waals surface area contributed by atoms with Crippen LogP contribution in [0.5, 0.6) is 11.5 Å². The molecule has 0 saturated heterocycles. The Labute approximate surface area is 105 Å². The fourth-order valence-corrected chi connectivity index (χ4v) is 1.98. The molecule has 0 amide bonds. The number of rotatable bonds is 4. The van der Waals surface area contributed by atoms with E-state index in [1.54, 1.807) is 6.07 Å². The summed E-state index contributed by atoms with van der Waals surface area (Å²) in [5.74, 6) is 0.951. The zero-order valence-electron chi connectivity index (χ0n) is 9.83. The lowest BCUT2D eigenvalue weighted by molar-refractivity contribution is 0.369. The first-order valence-corrected chi connectivity index (χ1v) is 6.12. The van der Waals surface area contributed by atoms with Crippen molar-refractivity contribution in [1.82, 2.24) is 0 Å². The molecule has 1 aromatic rings. The van der Waals surface area contributed by atoms with Gasteiger partial charge in [-0.05, 0) is 39.5 Å². The molecule has 0 radical (unpaired) electrons. The fourth-order valence-electron chi connectivity index (χ4n) is 1.52. The largest absolute Gasteiger partial charge is 0.503 e. The Kier molecular flexibility index (Phi) is 4.62. The van der Waals surface area contributed by atoms with Crippen LogP contribution in [-0.2, 0) is 0 Å². The number of benzene rings is 1. The summed E-state index contributed by atoms with van der Waals surface area (Å²) >= 11 is 3.29. The van der Waals surface area contributed by atoms with Gasteiger partial charge in [-0.1, -0.05) is 20.3 Å². The van der Waals surface area contributed by atoms with Crippen LogP contribution in [0, 0.1) is 5.92 Å². The van der Waals surface area contributed by atoms with Crippen LogP contribution in [0.1, 0.15) is 31.9 Å². The van der Waals surface area contributed by atoms with E-state index in [9.17, 15) is 5.11 Å². The highest BCUT2D eigenvalue weighted by atomic mass is 79.9. The van der Waals surface area contributed by atoms with Crippen LogP contribution in [0.15, 0.2) is 16.6 Å². The molecule has 0 spiro atoms. The molecule has 0 aromatic heterocycles. The molecule has 0 saturated carbocycles. The maximum atomic E-state index is 9.69. The van der Waals surface area contributed by atoms with E-state index in [4.69, 9.17) is 10.5 Å². The van der Waals surface area contributed by atoms with Gasteiger partial charge >= 0.3 is 0 Å². The van der Waals surface area contributed by atoms with Gasteiger partial charge in [0, 0.05) is 6.04 Å². The van der Waals surface area contributed by atoms with Crippen LogP contribution < -0.4 is 10.5 Å². The van der Waals surface area contributed by atoms with Crippen molar-refractivity contribution in [2.75, 3.05) is 7.11 Å². The number of hydrogen-bond donors (Lipinski definition) is 2. The number of halogens is 1. The molecule has 0 aliphatic carbocycles. The van der Waals surface area contributed by atoms with Gasteiger partial charge < -0.3 is 15.6 Å². The molecule has 0 heterocycles. The number of ether oxygens (including phenoxy) is 1. The normalized spacial score (nSPS) is 14.6. The topological polar surface area (TPSA) is 55.5 Å². The Bertz CT molecular complexity index is 368. The molecule has 16 heavy (non-hydrogen) atoms. The van der Waals surface area contributed by atoms with Crippen molar-refractivity contribution >= 4 is 15.9 Å². The molecule has 1 rings (SSSR count). The lowest BCUT2D eigenvalue weighted by atomic mass is 9.93. The summed E-state index contributed by atoms with van der Waals surface area (Å²) in [6.07, 6.45) is 1.02. The van der Waals surface area contributed by atoms with Crippen molar-refractivity contribution in [3.63, 3.8) is 0 Å². The highest BCUT2D eigenvalue weighted by molar-refractivity contribution is 9.10. The predicted molar refractivity (Wildman–Crippen MR) is 68.7 cm³/mol. The van der Waals surface area contributed by atoms with E-state index >= 15 is 0 Å². The van der Waals surface area contributed by atoms with Gasteiger partial charge in [0.15, 0.2) is 11.5 Å². The second-order valence-electron chi connectivity index (χ2n) is 3.96. The molecule has 1 unspecified atom stereocenters. The van der Waals surface area contributed by atoms with E-state index in [-0.39, 0.29) is 11.8 Å². The van der Waals surface area contributed by atoms with E-state index in [0.717, 1.165) is 12.0 Å². The Morgan fingerprint density at radius 2 is 2.12 bits per heavy atom. The summed E-state index contributed by atoms with van der Waals surface area (Å²) in [5, 5.41) is 9.69. The molecular weight excluding hydrogens is 270 g/mol. The number of aromatic hydroxyl groups is 1. The van der Waals surface area contributed by atoms with Gasteiger partial charge in [-0.15, -0.1) is 0 Å². The van der Waals surface area contributed by atoms with Gasteiger partial charge in [-0.3, -0.25) is 0 Å². The van der Waals surface area contributed by atoms with Crippen molar-refractivity contribution in [3.8, 4) is 11.5 Å². The molecule has 0 aliphatic heterocycles. The smallest absolute Gasteiger partial charge is 0.172 e. The van der Waals surface area contributed by atoms with E-state index in [0.29, 0.717) is 16.1 Å². The SMILES string of the molecule is CCC(C)[C@H](N)c1cc(Br)c(O)c(OC)c1. The molecule has 0 aliphatic rings. The van der Waals surface area contributed by atoms with Gasteiger partial charge in [0.05, 0.1) is 11.6 Å². The summed E-state index contributed by atoms with van der Waals surface area (Å²) in [4.78, 5) is 0. The van der Waals surface area contributed by atoms with Crippen molar-refractivity contribution in [3.05, 3.63) is 22.2 Å². The molecule has 90 valence electrons. The highest BCUT2D eigenvalue weighted by Gasteiger charge is 2.17. The summed E-state index contributed by atoms with van der Waals surface area (Å²) in [5.41, 5.74) is 7.10. The standard InChI is InChI=1S/C12H18BrNO2/c1-4-7(2)11(14)8-5-9(13)12(15)10(6-8)16-3/h5-7,11,15H,4,14H2,1-3H3/t7?,11-/m0/s1. The minimum absolute atomic E-state index is 0.0456. The predicted octanol–water partition coefficient (Wildman–Crippen LogP) is 3.21. The van der Waals surface area contributed by atoms with Gasteiger partial charge in [0.2, 0.25) is 0 Å². The van der Waals surface area contributed by atoms with Crippen LogP contribution in [0.4, 0.5) is 0 Å². The zero-order chi connectivity index (χ0) is 12.3. The number of nitrogens with two attached hydrogens (primary N) is 1. The number of hydrogen-bond acceptors (Lipinski definition) is 3. The molecule has 4 heteroatoms. The molecule has 2 atom stereocenters. The Hall–Kier alpha value is -0.740. The van der Waals surface area contributed by atoms with Crippen molar-refractivity contribution in [1.29, 1.82) is 0 Å². The van der Waals surface area contributed by atoms with Crippen molar-refractivity contribution in [2.45, 2.75) is 26.3 Å². The average molecular weight is 288 g/mol. The second-order valence-corrected chi connectivity index (χ2v) is 4.82. The van der Waals surface area contributed by atoms with Crippen LogP contribution in [0.2, 0.25) is 0 Å². The van der Waals surface area contributed by atoms with Crippen molar-refractivity contribution < 1.29 is 9.84 Å². The van der Waals surface area contributed by atoms with E-state index < -0.39 is 0 Å². The van der Waals surface area contributed by atoms with Crippen LogP contribution in [0.3, 0.4) is 0 Å². The molecule has 0 fully saturated rings. The van der Waals surface area contributed by atoms with Gasteiger partial charge in [0.25, 0.3) is 0 Å².